The van der Waals surface area contributed by atoms with Gasteiger partial charge in [-0.15, -0.1) is 0 Å². The normalized spacial score (nSPS) is 11.5. The fraction of sp³-hybridized carbons (Fsp3) is 0.188. The number of carboxylic acids is 2. The van der Waals surface area contributed by atoms with Crippen LogP contribution >= 0.6 is 0 Å². The van der Waals surface area contributed by atoms with Crippen molar-refractivity contribution in [3.8, 4) is 11.5 Å². The summed E-state index contributed by atoms with van der Waals surface area (Å²) in [5.74, 6) is -3.31. The summed E-state index contributed by atoms with van der Waals surface area (Å²) in [5.41, 5.74) is 3.46. The molecule has 0 bridgehead atoms. The van der Waals surface area contributed by atoms with Crippen molar-refractivity contribution < 1.29 is 38.1 Å². The number of ether oxygens (including phenoxy) is 2. The minimum absolute atomic E-state index is 0.0490. The van der Waals surface area contributed by atoms with Gasteiger partial charge in [-0.2, -0.15) is 4.39 Å². The van der Waals surface area contributed by atoms with Crippen molar-refractivity contribution in [3.63, 3.8) is 0 Å². The van der Waals surface area contributed by atoms with Crippen LogP contribution in [0.5, 0.6) is 11.5 Å². The summed E-state index contributed by atoms with van der Waals surface area (Å²) in [6, 6.07) is 16.9. The molecule has 7 nitrogen and oxygen atoms in total. The number of halogens is 2. The van der Waals surface area contributed by atoms with Crippen LogP contribution in [0.15, 0.2) is 79.0 Å². The Bertz CT molecular complexity index is 1570. The number of rotatable bonds is 14. The van der Waals surface area contributed by atoms with Crippen LogP contribution in [0.2, 0.25) is 0 Å². The molecule has 0 fully saturated rings. The Hall–Kier alpha value is -4.92. The topological polar surface area (TPSA) is 98.0 Å². The molecule has 2 N–H and O–H groups in total. The first kappa shape index (κ1) is 29.1. The number of nitrogens with zero attached hydrogens (tertiary/aromatic N) is 1. The van der Waals surface area contributed by atoms with Gasteiger partial charge in [0, 0.05) is 18.0 Å². The third-order valence-corrected chi connectivity index (χ3v) is 6.25. The SMILES string of the molecule is O=C(O)CCCc1cn(CC(=O)O)c2c(/C=C/c3ccc(OC/C=C/COc4cccc(F)c4F)cc3)cccc12. The highest BCUT2D eigenvalue weighted by Crippen LogP contribution is 2.28. The molecule has 0 unspecified atom stereocenters. The summed E-state index contributed by atoms with van der Waals surface area (Å²) in [4.78, 5) is 22.4. The number of hydrogen-bond acceptors (Lipinski definition) is 4. The minimum Gasteiger partial charge on any atom is -0.490 e. The van der Waals surface area contributed by atoms with E-state index in [4.69, 9.17) is 14.6 Å². The number of benzene rings is 3. The standard InChI is InChI=1S/C32H29F2NO6/c33-27-9-5-10-28(31(27)34)41-19-2-1-18-40-25-16-13-22(14-17-25)12-15-23-6-3-8-26-24(7-4-11-29(36)37)20-35(32(23)26)21-30(38)39/h1-3,5-6,8-10,12-17,20H,4,7,11,18-19,21H2,(H,36,37)(H,38,39)/b2-1+,15-12+. The molecule has 0 spiro atoms. The van der Waals surface area contributed by atoms with E-state index in [1.54, 1.807) is 22.9 Å². The van der Waals surface area contributed by atoms with Crippen LogP contribution in [-0.2, 0) is 22.6 Å². The zero-order chi connectivity index (χ0) is 29.2. The van der Waals surface area contributed by atoms with Crippen molar-refractivity contribution in [2.75, 3.05) is 13.2 Å². The fourth-order valence-corrected chi connectivity index (χ4v) is 4.37. The molecule has 3 aromatic carbocycles. The number of fused-ring (bicyclic) bond motifs is 1. The molecule has 4 rings (SSSR count). The predicted octanol–water partition coefficient (Wildman–Crippen LogP) is 6.60. The summed E-state index contributed by atoms with van der Waals surface area (Å²) in [7, 11) is 0. The Morgan fingerprint density at radius 2 is 1.59 bits per heavy atom. The second-order valence-corrected chi connectivity index (χ2v) is 9.21. The first-order valence-electron chi connectivity index (χ1n) is 13.0. The first-order chi connectivity index (χ1) is 19.8. The van der Waals surface area contributed by atoms with Gasteiger partial charge in [-0.05, 0) is 65.9 Å². The second kappa shape index (κ2) is 13.9. The molecule has 0 atom stereocenters. The number of aliphatic carboxylic acids is 2. The van der Waals surface area contributed by atoms with Gasteiger partial charge in [0.1, 0.15) is 25.5 Å². The van der Waals surface area contributed by atoms with E-state index in [0.29, 0.717) is 18.6 Å². The summed E-state index contributed by atoms with van der Waals surface area (Å²) in [6.45, 7) is 0.135. The molecule has 4 aromatic rings. The molecule has 1 heterocycles. The molecular weight excluding hydrogens is 532 g/mol. The van der Waals surface area contributed by atoms with Crippen LogP contribution in [0.25, 0.3) is 23.1 Å². The lowest BCUT2D eigenvalue weighted by Gasteiger charge is -2.06. The van der Waals surface area contributed by atoms with Crippen molar-refractivity contribution in [1.82, 2.24) is 4.57 Å². The molecular formula is C32H29F2NO6. The molecule has 0 aliphatic heterocycles. The Kier molecular flexibility index (Phi) is 9.88. The Labute approximate surface area is 235 Å². The molecule has 0 radical (unpaired) electrons. The van der Waals surface area contributed by atoms with Crippen molar-refractivity contribution in [2.24, 2.45) is 0 Å². The largest absolute Gasteiger partial charge is 0.490 e. The van der Waals surface area contributed by atoms with E-state index in [1.165, 1.54) is 12.1 Å². The van der Waals surface area contributed by atoms with Gasteiger partial charge in [0.2, 0.25) is 5.82 Å². The van der Waals surface area contributed by atoms with Crippen LogP contribution in [0.3, 0.4) is 0 Å². The molecule has 0 saturated heterocycles. The van der Waals surface area contributed by atoms with Gasteiger partial charge in [0.15, 0.2) is 11.6 Å². The smallest absolute Gasteiger partial charge is 0.323 e. The lowest BCUT2D eigenvalue weighted by Crippen LogP contribution is -2.07. The van der Waals surface area contributed by atoms with Crippen molar-refractivity contribution in [1.29, 1.82) is 0 Å². The quantitative estimate of drug-likeness (QED) is 0.133. The fourth-order valence-electron chi connectivity index (χ4n) is 4.37. The van der Waals surface area contributed by atoms with Crippen molar-refractivity contribution >= 4 is 35.0 Å². The number of carboxylic acid groups (broad SMARTS) is 2. The van der Waals surface area contributed by atoms with Gasteiger partial charge in [0.25, 0.3) is 0 Å². The highest BCUT2D eigenvalue weighted by molar-refractivity contribution is 5.94. The highest BCUT2D eigenvalue weighted by Gasteiger charge is 2.14. The Balaban J connectivity index is 1.37. The minimum atomic E-state index is -1.02. The summed E-state index contributed by atoms with van der Waals surface area (Å²) in [5, 5.41) is 19.3. The Morgan fingerprint density at radius 3 is 2.32 bits per heavy atom. The van der Waals surface area contributed by atoms with Gasteiger partial charge < -0.3 is 24.3 Å². The molecule has 9 heteroatoms. The van der Waals surface area contributed by atoms with Gasteiger partial charge in [0.05, 0.1) is 5.52 Å². The molecule has 0 aliphatic rings. The van der Waals surface area contributed by atoms with E-state index in [9.17, 15) is 23.5 Å². The van der Waals surface area contributed by atoms with Gasteiger partial charge in [-0.3, -0.25) is 9.59 Å². The molecule has 1 aromatic heterocycles. The molecule has 0 aliphatic carbocycles. The maximum absolute atomic E-state index is 13.6. The number of aromatic nitrogens is 1. The monoisotopic (exact) mass is 561 g/mol. The third-order valence-electron chi connectivity index (χ3n) is 6.25. The van der Waals surface area contributed by atoms with Crippen LogP contribution in [0.4, 0.5) is 8.78 Å². The van der Waals surface area contributed by atoms with Crippen LogP contribution < -0.4 is 9.47 Å². The summed E-state index contributed by atoms with van der Waals surface area (Å²) < 4.78 is 39.4. The first-order valence-corrected chi connectivity index (χ1v) is 13.0. The zero-order valence-electron chi connectivity index (χ0n) is 22.1. The lowest BCUT2D eigenvalue weighted by molar-refractivity contribution is -0.138. The summed E-state index contributed by atoms with van der Waals surface area (Å²) in [6.07, 6.45) is 10.1. The van der Waals surface area contributed by atoms with E-state index >= 15 is 0 Å². The van der Waals surface area contributed by atoms with E-state index in [1.807, 2.05) is 54.6 Å². The Morgan fingerprint density at radius 1 is 0.854 bits per heavy atom. The maximum Gasteiger partial charge on any atom is 0.323 e. The number of aryl methyl sites for hydroxylation is 1. The van der Waals surface area contributed by atoms with Crippen LogP contribution in [0, 0.1) is 11.6 Å². The molecule has 0 saturated carbocycles. The average Bonchev–Trinajstić information content (AvgIpc) is 3.29. The van der Waals surface area contributed by atoms with Gasteiger partial charge in [-0.25, -0.2) is 4.39 Å². The number of para-hydroxylation sites is 1. The zero-order valence-corrected chi connectivity index (χ0v) is 22.1. The average molecular weight is 562 g/mol. The second-order valence-electron chi connectivity index (χ2n) is 9.21. The van der Waals surface area contributed by atoms with E-state index in [0.717, 1.165) is 33.7 Å². The lowest BCUT2D eigenvalue weighted by atomic mass is 10.0. The summed E-state index contributed by atoms with van der Waals surface area (Å²) >= 11 is 0. The van der Waals surface area contributed by atoms with Crippen LogP contribution in [-0.4, -0.2) is 39.9 Å². The number of hydrogen-bond donors (Lipinski definition) is 2. The van der Waals surface area contributed by atoms with Crippen LogP contribution in [0.1, 0.15) is 29.5 Å². The molecule has 0 amide bonds. The molecule has 212 valence electrons. The molecule has 41 heavy (non-hydrogen) atoms. The maximum atomic E-state index is 13.6. The predicted molar refractivity (Wildman–Crippen MR) is 152 cm³/mol. The van der Waals surface area contributed by atoms with Crippen molar-refractivity contribution in [2.45, 2.75) is 25.8 Å². The number of carbonyl (C=O) groups is 2. The van der Waals surface area contributed by atoms with E-state index < -0.39 is 23.6 Å². The third kappa shape index (κ3) is 8.04. The van der Waals surface area contributed by atoms with Crippen molar-refractivity contribution in [3.05, 3.63) is 107 Å². The van der Waals surface area contributed by atoms with Gasteiger partial charge >= 0.3 is 11.9 Å². The van der Waals surface area contributed by atoms with E-state index in [-0.39, 0.29) is 31.9 Å². The highest BCUT2D eigenvalue weighted by atomic mass is 19.2. The van der Waals surface area contributed by atoms with Gasteiger partial charge in [-0.1, -0.05) is 48.6 Å². The van der Waals surface area contributed by atoms with E-state index in [2.05, 4.69) is 0 Å².